The number of carbonyl (C=O) groups excluding carboxylic acids is 2. The largest absolute Gasteiger partial charge is 0.351 e. The van der Waals surface area contributed by atoms with Gasteiger partial charge in [0.2, 0.25) is 11.8 Å². The number of amides is 2. The third-order valence-corrected chi connectivity index (χ3v) is 4.68. The molecule has 0 radical (unpaired) electrons. The van der Waals surface area contributed by atoms with E-state index in [1.165, 1.54) is 0 Å². The van der Waals surface area contributed by atoms with Crippen molar-refractivity contribution in [2.24, 2.45) is 11.8 Å². The van der Waals surface area contributed by atoms with E-state index in [0.717, 1.165) is 0 Å². The van der Waals surface area contributed by atoms with Crippen LogP contribution in [0.1, 0.15) is 68.7 Å². The van der Waals surface area contributed by atoms with Gasteiger partial charge in [-0.15, -0.1) is 0 Å². The van der Waals surface area contributed by atoms with Crippen LogP contribution in [-0.4, -0.2) is 45.4 Å². The standard InChI is InChI=1S/C19H35N3O2/c1-17(2,3)20-15(23)11-10-12(16(24)21-18(4,5)6)14-13(11)22(14)19(7,8)9/h11-14H,10H2,1-9H3,(H,20,23)(H,21,24). The van der Waals surface area contributed by atoms with Crippen molar-refractivity contribution >= 4 is 11.8 Å². The number of likely N-dealkylation sites (tertiary alicyclic amines) is 1. The molecule has 0 aromatic rings. The van der Waals surface area contributed by atoms with Gasteiger partial charge in [-0.1, -0.05) is 0 Å². The molecule has 1 saturated carbocycles. The van der Waals surface area contributed by atoms with Crippen molar-refractivity contribution in [2.45, 2.75) is 97.4 Å². The third kappa shape index (κ3) is 4.11. The lowest BCUT2D eigenvalue weighted by molar-refractivity contribution is -0.129. The van der Waals surface area contributed by atoms with Crippen molar-refractivity contribution in [3.8, 4) is 0 Å². The van der Waals surface area contributed by atoms with E-state index in [0.29, 0.717) is 6.42 Å². The van der Waals surface area contributed by atoms with Gasteiger partial charge < -0.3 is 10.6 Å². The van der Waals surface area contributed by atoms with E-state index in [2.05, 4.69) is 36.3 Å². The van der Waals surface area contributed by atoms with Crippen LogP contribution in [-0.2, 0) is 9.59 Å². The molecule has 2 amide bonds. The molecule has 24 heavy (non-hydrogen) atoms. The van der Waals surface area contributed by atoms with Crippen LogP contribution in [0.2, 0.25) is 0 Å². The number of rotatable bonds is 2. The molecule has 1 heterocycles. The fraction of sp³-hybridized carbons (Fsp3) is 0.895. The molecule has 138 valence electrons. The summed E-state index contributed by atoms with van der Waals surface area (Å²) < 4.78 is 0. The normalized spacial score (nSPS) is 33.0. The average molecular weight is 338 g/mol. The van der Waals surface area contributed by atoms with Crippen molar-refractivity contribution in [3.63, 3.8) is 0 Å². The summed E-state index contributed by atoms with van der Waals surface area (Å²) >= 11 is 0. The highest BCUT2D eigenvalue weighted by molar-refractivity contribution is 5.87. The lowest BCUT2D eigenvalue weighted by Gasteiger charge is -2.31. The zero-order chi connectivity index (χ0) is 18.7. The van der Waals surface area contributed by atoms with E-state index in [1.807, 2.05) is 41.5 Å². The monoisotopic (exact) mass is 337 g/mol. The highest BCUT2D eigenvalue weighted by Gasteiger charge is 2.67. The minimum absolute atomic E-state index is 0.0315. The highest BCUT2D eigenvalue weighted by Crippen LogP contribution is 2.54. The summed E-state index contributed by atoms with van der Waals surface area (Å²) in [5, 5.41) is 6.20. The summed E-state index contributed by atoms with van der Waals surface area (Å²) in [7, 11) is 0. The average Bonchev–Trinajstić information content (AvgIpc) is 2.90. The first-order chi connectivity index (χ1) is 10.6. The van der Waals surface area contributed by atoms with Crippen LogP contribution in [0.3, 0.4) is 0 Å². The Labute approximate surface area is 146 Å². The summed E-state index contributed by atoms with van der Waals surface area (Å²) in [5.41, 5.74) is -0.532. The molecule has 1 saturated heterocycles. The second-order valence-electron chi connectivity index (χ2n) is 10.5. The summed E-state index contributed by atoms with van der Waals surface area (Å²) in [4.78, 5) is 27.9. The minimum Gasteiger partial charge on any atom is -0.351 e. The number of hydrogen-bond donors (Lipinski definition) is 2. The Balaban J connectivity index is 2.18. The molecule has 0 bridgehead atoms. The van der Waals surface area contributed by atoms with Crippen molar-refractivity contribution in [3.05, 3.63) is 0 Å². The Hall–Kier alpha value is -1.10. The van der Waals surface area contributed by atoms with Crippen LogP contribution in [0.25, 0.3) is 0 Å². The lowest BCUT2D eigenvalue weighted by atomic mass is 9.95. The number of nitrogens with zero attached hydrogens (tertiary/aromatic N) is 1. The Morgan fingerprint density at radius 3 is 1.33 bits per heavy atom. The van der Waals surface area contributed by atoms with Gasteiger partial charge in [0.25, 0.3) is 0 Å². The summed E-state index contributed by atoms with van der Waals surface area (Å²) in [6.07, 6.45) is 0.645. The van der Waals surface area contributed by atoms with E-state index < -0.39 is 0 Å². The predicted molar refractivity (Wildman–Crippen MR) is 96.6 cm³/mol. The van der Waals surface area contributed by atoms with Crippen LogP contribution in [0.15, 0.2) is 0 Å². The lowest BCUT2D eigenvalue weighted by Crippen LogP contribution is -2.48. The minimum atomic E-state index is -0.250. The third-order valence-electron chi connectivity index (χ3n) is 4.68. The molecule has 5 nitrogen and oxygen atoms in total. The molecular formula is C19H35N3O2. The SMILES string of the molecule is CC(C)(C)NC(=O)C1CC(C(=O)NC(C)(C)C)C2C1N2C(C)(C)C. The predicted octanol–water partition coefficient (Wildman–Crippen LogP) is 2.30. The molecule has 2 aliphatic rings. The molecule has 4 unspecified atom stereocenters. The molecule has 0 aromatic heterocycles. The molecule has 2 rings (SSSR count). The van der Waals surface area contributed by atoms with E-state index >= 15 is 0 Å². The molecule has 2 fully saturated rings. The van der Waals surface area contributed by atoms with Crippen LogP contribution in [0, 0.1) is 11.8 Å². The Kier molecular flexibility index (Phi) is 4.58. The molecule has 5 heteroatoms. The molecule has 0 aromatic carbocycles. The molecule has 1 aliphatic heterocycles. The number of fused-ring (bicyclic) bond motifs is 1. The maximum atomic E-state index is 12.8. The fourth-order valence-corrected chi connectivity index (χ4v) is 4.03. The number of carbonyl (C=O) groups is 2. The topological polar surface area (TPSA) is 61.2 Å². The quantitative estimate of drug-likeness (QED) is 0.760. The first-order valence-corrected chi connectivity index (χ1v) is 9.04. The Bertz CT molecular complexity index is 482. The van der Waals surface area contributed by atoms with Gasteiger partial charge in [0.05, 0.1) is 11.8 Å². The van der Waals surface area contributed by atoms with Gasteiger partial charge in [0, 0.05) is 28.7 Å². The van der Waals surface area contributed by atoms with Gasteiger partial charge in [0.15, 0.2) is 0 Å². The second kappa shape index (κ2) is 5.72. The van der Waals surface area contributed by atoms with Gasteiger partial charge in [0.1, 0.15) is 0 Å². The molecule has 2 N–H and O–H groups in total. The van der Waals surface area contributed by atoms with Gasteiger partial charge in [-0.25, -0.2) is 0 Å². The van der Waals surface area contributed by atoms with E-state index in [-0.39, 0.29) is 52.4 Å². The van der Waals surface area contributed by atoms with Crippen LogP contribution in [0.5, 0.6) is 0 Å². The fourth-order valence-electron chi connectivity index (χ4n) is 4.03. The Morgan fingerprint density at radius 2 is 1.08 bits per heavy atom. The maximum absolute atomic E-state index is 12.8. The highest BCUT2D eigenvalue weighted by atomic mass is 16.2. The first kappa shape index (κ1) is 19.2. The second-order valence-corrected chi connectivity index (χ2v) is 10.5. The van der Waals surface area contributed by atoms with Crippen molar-refractivity contribution in [2.75, 3.05) is 0 Å². The van der Waals surface area contributed by atoms with Gasteiger partial charge >= 0.3 is 0 Å². The summed E-state index contributed by atoms with van der Waals surface area (Å²) in [6.45, 7) is 18.4. The van der Waals surface area contributed by atoms with E-state index in [1.54, 1.807) is 0 Å². The van der Waals surface area contributed by atoms with E-state index in [4.69, 9.17) is 0 Å². The van der Waals surface area contributed by atoms with Crippen LogP contribution >= 0.6 is 0 Å². The molecule has 0 spiro atoms. The Morgan fingerprint density at radius 1 is 0.750 bits per heavy atom. The van der Waals surface area contributed by atoms with Gasteiger partial charge in [-0.05, 0) is 68.7 Å². The number of piperidine rings is 1. The van der Waals surface area contributed by atoms with Gasteiger partial charge in [-0.3, -0.25) is 14.5 Å². The van der Waals surface area contributed by atoms with Crippen LogP contribution in [0.4, 0.5) is 0 Å². The molecule has 4 atom stereocenters. The maximum Gasteiger partial charge on any atom is 0.225 e. The zero-order valence-electron chi connectivity index (χ0n) is 16.8. The van der Waals surface area contributed by atoms with Crippen molar-refractivity contribution in [1.82, 2.24) is 15.5 Å². The summed E-state index contributed by atoms with van der Waals surface area (Å²) in [5.74, 6) is -0.0565. The summed E-state index contributed by atoms with van der Waals surface area (Å²) in [6, 6.07) is 0.367. The smallest absolute Gasteiger partial charge is 0.225 e. The van der Waals surface area contributed by atoms with Crippen LogP contribution < -0.4 is 10.6 Å². The van der Waals surface area contributed by atoms with E-state index in [9.17, 15) is 9.59 Å². The molecular weight excluding hydrogens is 302 g/mol. The van der Waals surface area contributed by atoms with Crippen molar-refractivity contribution in [1.29, 1.82) is 0 Å². The number of nitrogens with one attached hydrogen (secondary N) is 2. The zero-order valence-corrected chi connectivity index (χ0v) is 16.8. The number of hydrogen-bond acceptors (Lipinski definition) is 3. The molecule has 1 aliphatic carbocycles. The van der Waals surface area contributed by atoms with Gasteiger partial charge in [-0.2, -0.15) is 0 Å². The first-order valence-electron chi connectivity index (χ1n) is 9.04. The van der Waals surface area contributed by atoms with Crippen molar-refractivity contribution < 1.29 is 9.59 Å².